The third kappa shape index (κ3) is 7.89. The Hall–Kier alpha value is -1.99. The molecule has 0 aliphatic rings. The lowest BCUT2D eigenvalue weighted by molar-refractivity contribution is -0.0504. The van der Waals surface area contributed by atoms with Crippen LogP contribution in [0.4, 0.5) is 8.78 Å². The van der Waals surface area contributed by atoms with Crippen molar-refractivity contribution in [2.45, 2.75) is 31.5 Å². The van der Waals surface area contributed by atoms with Gasteiger partial charge in [0.2, 0.25) is 10.0 Å². The number of nitrogens with zero attached hydrogens (tertiary/aromatic N) is 2. The topological polar surface area (TPSA) is 83.0 Å². The fraction of sp³-hybridized carbons (Fsp3) is 0.350. The van der Waals surface area contributed by atoms with Crippen molar-refractivity contribution in [1.82, 2.24) is 14.9 Å². The molecule has 0 aliphatic carbocycles. The van der Waals surface area contributed by atoms with Crippen molar-refractivity contribution >= 4 is 40.0 Å². The number of sulfonamides is 1. The van der Waals surface area contributed by atoms with Gasteiger partial charge in [0, 0.05) is 39.8 Å². The van der Waals surface area contributed by atoms with Gasteiger partial charge in [0.05, 0.1) is 4.90 Å². The third-order valence-electron chi connectivity index (χ3n) is 4.26. The molecule has 7 nitrogen and oxygen atoms in total. The second kappa shape index (κ2) is 12.2. The van der Waals surface area contributed by atoms with E-state index < -0.39 is 16.6 Å². The van der Waals surface area contributed by atoms with E-state index in [-0.39, 0.29) is 41.2 Å². The second-order valence-electron chi connectivity index (χ2n) is 6.70. The maximum absolute atomic E-state index is 12.6. The lowest BCUT2D eigenvalue weighted by Crippen LogP contribution is -2.36. The molecule has 2 aromatic rings. The molecule has 0 fully saturated rings. The van der Waals surface area contributed by atoms with E-state index in [0.29, 0.717) is 18.1 Å². The average molecular weight is 568 g/mol. The molecule has 0 saturated heterocycles. The van der Waals surface area contributed by atoms with Crippen LogP contribution in [0.5, 0.6) is 5.75 Å². The molecule has 0 heterocycles. The van der Waals surface area contributed by atoms with E-state index in [4.69, 9.17) is 0 Å². The Bertz CT molecular complexity index is 984. The van der Waals surface area contributed by atoms with Crippen molar-refractivity contribution in [2.24, 2.45) is 4.99 Å². The molecule has 11 heteroatoms. The number of aryl methyl sites for hydroxylation is 1. The molecule has 172 valence electrons. The smallest absolute Gasteiger partial charge is 0.387 e. The molecule has 0 atom stereocenters. The number of hydrogen-bond acceptors (Lipinski definition) is 4. The van der Waals surface area contributed by atoms with Crippen LogP contribution < -0.4 is 15.4 Å². The molecule has 0 amide bonds. The highest BCUT2D eigenvalue weighted by molar-refractivity contribution is 14.0. The fourth-order valence-corrected chi connectivity index (χ4v) is 3.53. The number of halogens is 3. The first-order valence-corrected chi connectivity index (χ1v) is 10.6. The Balaban J connectivity index is 0.00000480. The Labute approximate surface area is 199 Å². The zero-order chi connectivity index (χ0) is 22.3. The van der Waals surface area contributed by atoms with Crippen LogP contribution in [0.3, 0.4) is 0 Å². The van der Waals surface area contributed by atoms with Gasteiger partial charge in [-0.1, -0.05) is 29.8 Å². The quantitative estimate of drug-likeness (QED) is 0.290. The summed E-state index contributed by atoms with van der Waals surface area (Å²) in [6.45, 7) is -0.397. The van der Waals surface area contributed by atoms with E-state index in [2.05, 4.69) is 20.4 Å². The van der Waals surface area contributed by atoms with Crippen molar-refractivity contribution in [1.29, 1.82) is 0 Å². The second-order valence-corrected chi connectivity index (χ2v) is 8.85. The molecular formula is C20H27F2IN4O3S. The minimum Gasteiger partial charge on any atom is -0.434 e. The molecule has 2 aromatic carbocycles. The molecule has 0 spiro atoms. The van der Waals surface area contributed by atoms with Crippen LogP contribution >= 0.6 is 24.0 Å². The molecule has 0 bridgehead atoms. The summed E-state index contributed by atoms with van der Waals surface area (Å²) < 4.78 is 55.2. The number of guanidine groups is 1. The van der Waals surface area contributed by atoms with Crippen LogP contribution in [-0.2, 0) is 23.1 Å². The highest BCUT2D eigenvalue weighted by atomic mass is 127. The lowest BCUT2D eigenvalue weighted by atomic mass is 10.1. The van der Waals surface area contributed by atoms with E-state index >= 15 is 0 Å². The summed E-state index contributed by atoms with van der Waals surface area (Å²) in [5.74, 6) is 0.570. The van der Waals surface area contributed by atoms with Crippen LogP contribution in [0.25, 0.3) is 0 Å². The Kier molecular flexibility index (Phi) is 10.6. The monoisotopic (exact) mass is 568 g/mol. The predicted molar refractivity (Wildman–Crippen MR) is 128 cm³/mol. The summed E-state index contributed by atoms with van der Waals surface area (Å²) in [6, 6.07) is 11.5. The van der Waals surface area contributed by atoms with Crippen molar-refractivity contribution in [3.8, 4) is 5.75 Å². The molecule has 0 unspecified atom stereocenters. The van der Waals surface area contributed by atoms with E-state index in [1.165, 1.54) is 20.2 Å². The molecule has 0 aromatic heterocycles. The molecule has 31 heavy (non-hydrogen) atoms. The highest BCUT2D eigenvalue weighted by Crippen LogP contribution is 2.22. The van der Waals surface area contributed by atoms with Crippen molar-refractivity contribution < 1.29 is 21.9 Å². The minimum atomic E-state index is -3.47. The molecule has 0 radical (unpaired) electrons. The summed E-state index contributed by atoms with van der Waals surface area (Å²) >= 11 is 0. The number of benzene rings is 2. The Morgan fingerprint density at radius 1 is 1.10 bits per heavy atom. The molecule has 0 saturated carbocycles. The average Bonchev–Trinajstić information content (AvgIpc) is 2.69. The van der Waals surface area contributed by atoms with Gasteiger partial charge in [0.15, 0.2) is 5.96 Å². The summed E-state index contributed by atoms with van der Waals surface area (Å²) in [7, 11) is 1.08. The summed E-state index contributed by atoms with van der Waals surface area (Å²) in [4.78, 5) is 4.33. The number of aliphatic imine (C=N–C) groups is 1. The highest BCUT2D eigenvalue weighted by Gasteiger charge is 2.16. The van der Waals surface area contributed by atoms with Gasteiger partial charge >= 0.3 is 6.61 Å². The maximum atomic E-state index is 12.6. The zero-order valence-electron chi connectivity index (χ0n) is 17.7. The predicted octanol–water partition coefficient (Wildman–Crippen LogP) is 3.33. The summed E-state index contributed by atoms with van der Waals surface area (Å²) in [6.07, 6.45) is 0. The maximum Gasteiger partial charge on any atom is 0.387 e. The number of hydrogen-bond donors (Lipinski definition) is 2. The van der Waals surface area contributed by atoms with Gasteiger partial charge in [-0.25, -0.2) is 12.7 Å². The lowest BCUT2D eigenvalue weighted by Gasteiger charge is -2.15. The minimum absolute atomic E-state index is 0. The molecule has 0 aliphatic heterocycles. The van der Waals surface area contributed by atoms with Crippen molar-refractivity contribution in [3.63, 3.8) is 0 Å². The Morgan fingerprint density at radius 3 is 2.26 bits per heavy atom. The van der Waals surface area contributed by atoms with Crippen LogP contribution in [0.1, 0.15) is 16.7 Å². The van der Waals surface area contributed by atoms with Crippen molar-refractivity contribution in [3.05, 3.63) is 59.2 Å². The van der Waals surface area contributed by atoms with Crippen LogP contribution in [0.15, 0.2) is 52.4 Å². The number of rotatable bonds is 8. The van der Waals surface area contributed by atoms with Gasteiger partial charge in [-0.2, -0.15) is 8.78 Å². The van der Waals surface area contributed by atoms with Gasteiger partial charge < -0.3 is 15.4 Å². The molecule has 2 N–H and O–H groups in total. The van der Waals surface area contributed by atoms with Gasteiger partial charge in [-0.3, -0.25) is 4.99 Å². The standard InChI is InChI=1S/C20H26F2N4O3S.HI/c1-14-5-10-18(29-19(21)22)16(11-14)13-25-20(23-2)24-12-15-6-8-17(9-7-15)30(27,28)26(3)4;/h5-11,19H,12-13H2,1-4H3,(H2,23,24,25);1H. The van der Waals surface area contributed by atoms with E-state index in [1.54, 1.807) is 43.4 Å². The number of nitrogens with one attached hydrogen (secondary N) is 2. The van der Waals surface area contributed by atoms with E-state index in [1.807, 2.05) is 6.92 Å². The third-order valence-corrected chi connectivity index (χ3v) is 6.09. The largest absolute Gasteiger partial charge is 0.434 e. The van der Waals surface area contributed by atoms with Crippen LogP contribution in [-0.4, -0.2) is 46.4 Å². The van der Waals surface area contributed by atoms with E-state index in [9.17, 15) is 17.2 Å². The van der Waals surface area contributed by atoms with Crippen molar-refractivity contribution in [2.75, 3.05) is 21.1 Å². The van der Waals surface area contributed by atoms with Gasteiger partial charge in [-0.15, -0.1) is 24.0 Å². The molecule has 2 rings (SSSR count). The van der Waals surface area contributed by atoms with Crippen LogP contribution in [0.2, 0.25) is 0 Å². The normalized spacial score (nSPS) is 11.9. The first kappa shape index (κ1) is 27.0. The molecular weight excluding hydrogens is 541 g/mol. The summed E-state index contributed by atoms with van der Waals surface area (Å²) in [5.41, 5.74) is 2.36. The van der Waals surface area contributed by atoms with Gasteiger partial charge in [0.25, 0.3) is 0 Å². The zero-order valence-corrected chi connectivity index (χ0v) is 20.9. The first-order chi connectivity index (χ1) is 14.1. The Morgan fingerprint density at radius 2 is 1.71 bits per heavy atom. The summed E-state index contributed by atoms with van der Waals surface area (Å²) in [5, 5.41) is 6.16. The van der Waals surface area contributed by atoms with Crippen LogP contribution in [0, 0.1) is 6.92 Å². The number of alkyl halides is 2. The number of ether oxygens (including phenoxy) is 1. The SMILES string of the molecule is CN=C(NCc1ccc(S(=O)(=O)N(C)C)cc1)NCc1cc(C)ccc1OC(F)F.I. The first-order valence-electron chi connectivity index (χ1n) is 9.14. The van der Waals surface area contributed by atoms with Gasteiger partial charge in [0.1, 0.15) is 5.75 Å². The fourth-order valence-electron chi connectivity index (χ4n) is 2.63. The van der Waals surface area contributed by atoms with E-state index in [0.717, 1.165) is 15.4 Å². The van der Waals surface area contributed by atoms with Gasteiger partial charge in [-0.05, 0) is 30.7 Å².